The molecule has 0 bridgehead atoms. The second-order valence-corrected chi connectivity index (χ2v) is 5.75. The van der Waals surface area contributed by atoms with Crippen LogP contribution in [0.5, 0.6) is 0 Å². The van der Waals surface area contributed by atoms with Crippen LogP contribution in [-0.4, -0.2) is 19.1 Å². The first kappa shape index (κ1) is 19.8. The largest absolute Gasteiger partial charge is 0.459 e. The highest BCUT2D eigenvalue weighted by molar-refractivity contribution is 5.92. The van der Waals surface area contributed by atoms with Gasteiger partial charge in [0, 0.05) is 18.7 Å². The van der Waals surface area contributed by atoms with E-state index in [1.807, 2.05) is 33.0 Å². The molecule has 1 rings (SSSR count). The molecule has 122 valence electrons. The number of rotatable bonds is 6. The van der Waals surface area contributed by atoms with Crippen LogP contribution in [0, 0.1) is 5.92 Å². The third-order valence-electron chi connectivity index (χ3n) is 3.15. The predicted molar refractivity (Wildman–Crippen MR) is 90.1 cm³/mol. The lowest BCUT2D eigenvalue weighted by atomic mass is 9.89. The smallest absolute Gasteiger partial charge is 0.338 e. The van der Waals surface area contributed by atoms with Gasteiger partial charge in [-0.2, -0.15) is 0 Å². The van der Waals surface area contributed by atoms with Gasteiger partial charge in [0.1, 0.15) is 0 Å². The van der Waals surface area contributed by atoms with Crippen LogP contribution in [-0.2, 0) is 9.53 Å². The van der Waals surface area contributed by atoms with E-state index in [1.165, 1.54) is 25.7 Å². The lowest BCUT2D eigenvalue weighted by Gasteiger charge is -2.23. The topological polar surface area (TPSA) is 38.3 Å². The zero-order valence-electron chi connectivity index (χ0n) is 14.7. The minimum absolute atomic E-state index is 0.0670. The quantitative estimate of drug-likeness (QED) is 0.728. The van der Waals surface area contributed by atoms with E-state index in [9.17, 15) is 4.79 Å². The van der Waals surface area contributed by atoms with Crippen molar-refractivity contribution in [3.8, 4) is 0 Å². The number of carbonyl (C=O) groups is 1. The van der Waals surface area contributed by atoms with E-state index >= 15 is 0 Å². The molecule has 0 heterocycles. The Labute approximate surface area is 130 Å². The summed E-state index contributed by atoms with van der Waals surface area (Å²) in [7, 11) is 1.92. The Morgan fingerprint density at radius 3 is 2.48 bits per heavy atom. The summed E-state index contributed by atoms with van der Waals surface area (Å²) in [5.41, 5.74) is 1.84. The first-order valence-electron chi connectivity index (χ1n) is 8.30. The van der Waals surface area contributed by atoms with Crippen LogP contribution in [0.4, 0.5) is 0 Å². The highest BCUT2D eigenvalue weighted by Crippen LogP contribution is 2.27. The van der Waals surface area contributed by atoms with E-state index in [4.69, 9.17) is 4.74 Å². The molecule has 0 amide bonds. The maximum atomic E-state index is 11.8. The zero-order chi connectivity index (χ0) is 16.3. The summed E-state index contributed by atoms with van der Waals surface area (Å²) in [5, 5.41) is 3.21. The summed E-state index contributed by atoms with van der Waals surface area (Å²) in [6.07, 6.45) is 9.66. The number of allylic oxidation sites excluding steroid dienone is 2. The summed E-state index contributed by atoms with van der Waals surface area (Å²) in [5.74, 6) is 0.303. The monoisotopic (exact) mass is 295 g/mol. The van der Waals surface area contributed by atoms with E-state index in [0.29, 0.717) is 11.5 Å². The van der Waals surface area contributed by atoms with Crippen LogP contribution in [0.3, 0.4) is 0 Å². The molecule has 3 nitrogen and oxygen atoms in total. The Bertz CT molecular complexity index is 356. The fourth-order valence-corrected chi connectivity index (χ4v) is 2.17. The standard InChI is InChI=1S/C15H25NO2.C3H8/c1-5-6-7-12-8-9-13(10-14(12)16-4)15(17)18-11(2)3;1-3-2/h9-12,16H,5-8H2,1-4H3;3H2,1-2H3. The fourth-order valence-electron chi connectivity index (χ4n) is 2.17. The third-order valence-corrected chi connectivity index (χ3v) is 3.15. The molecule has 0 fully saturated rings. The molecule has 0 aliphatic heterocycles. The summed E-state index contributed by atoms with van der Waals surface area (Å²) in [6, 6.07) is 0. The Kier molecular flexibility index (Phi) is 10.7. The molecule has 0 saturated heterocycles. The number of esters is 1. The van der Waals surface area contributed by atoms with Crippen LogP contribution < -0.4 is 5.32 Å². The van der Waals surface area contributed by atoms with Gasteiger partial charge < -0.3 is 10.1 Å². The van der Waals surface area contributed by atoms with Gasteiger partial charge in [-0.1, -0.05) is 46.1 Å². The highest BCUT2D eigenvalue weighted by Gasteiger charge is 2.20. The first-order valence-corrected chi connectivity index (χ1v) is 8.30. The van der Waals surface area contributed by atoms with Crippen molar-refractivity contribution in [2.45, 2.75) is 72.8 Å². The second-order valence-electron chi connectivity index (χ2n) is 5.75. The number of ether oxygens (including phenoxy) is 1. The molecule has 0 aromatic rings. The van der Waals surface area contributed by atoms with E-state index in [0.717, 1.165) is 12.1 Å². The molecule has 1 aliphatic carbocycles. The molecule has 3 heteroatoms. The Hall–Kier alpha value is -1.25. The first-order chi connectivity index (χ1) is 9.99. The van der Waals surface area contributed by atoms with Crippen molar-refractivity contribution in [1.82, 2.24) is 5.32 Å². The molecule has 21 heavy (non-hydrogen) atoms. The third kappa shape index (κ3) is 7.93. The SMILES string of the molecule is CCC.CCCCC1CC=C(C(=O)OC(C)C)C=C1NC. The molecule has 0 spiro atoms. The maximum absolute atomic E-state index is 11.8. The number of nitrogens with one attached hydrogen (secondary N) is 1. The maximum Gasteiger partial charge on any atom is 0.338 e. The van der Waals surface area contributed by atoms with E-state index in [2.05, 4.69) is 26.1 Å². The molecular formula is C18H33NO2. The van der Waals surface area contributed by atoms with Crippen LogP contribution >= 0.6 is 0 Å². The fraction of sp³-hybridized carbons (Fsp3) is 0.722. The number of hydrogen-bond donors (Lipinski definition) is 1. The summed E-state index contributed by atoms with van der Waals surface area (Å²) in [4.78, 5) is 11.8. The van der Waals surface area contributed by atoms with Crippen molar-refractivity contribution in [3.05, 3.63) is 23.4 Å². The lowest BCUT2D eigenvalue weighted by Crippen LogP contribution is -2.22. The second kappa shape index (κ2) is 11.4. The number of unbranched alkanes of at least 4 members (excludes halogenated alkanes) is 1. The minimum atomic E-state index is -0.216. The van der Waals surface area contributed by atoms with Crippen LogP contribution in [0.2, 0.25) is 0 Å². The van der Waals surface area contributed by atoms with Gasteiger partial charge in [0.25, 0.3) is 0 Å². The summed E-state index contributed by atoms with van der Waals surface area (Å²) >= 11 is 0. The molecule has 1 unspecified atom stereocenters. The average molecular weight is 295 g/mol. The molecular weight excluding hydrogens is 262 g/mol. The molecule has 0 saturated carbocycles. The molecule has 1 aliphatic rings. The zero-order valence-corrected chi connectivity index (χ0v) is 14.7. The van der Waals surface area contributed by atoms with Crippen LogP contribution in [0.15, 0.2) is 23.4 Å². The van der Waals surface area contributed by atoms with E-state index < -0.39 is 0 Å². The normalized spacial score (nSPS) is 17.4. The van der Waals surface area contributed by atoms with Crippen molar-refractivity contribution in [3.63, 3.8) is 0 Å². The van der Waals surface area contributed by atoms with Gasteiger partial charge in [-0.15, -0.1) is 0 Å². The Balaban J connectivity index is 0.00000122. The Morgan fingerprint density at radius 1 is 1.38 bits per heavy atom. The summed E-state index contributed by atoms with van der Waals surface area (Å²) < 4.78 is 5.22. The van der Waals surface area contributed by atoms with Gasteiger partial charge in [0.05, 0.1) is 11.7 Å². The molecule has 0 aromatic carbocycles. The predicted octanol–water partition coefficient (Wildman–Crippen LogP) is 4.59. The number of carbonyl (C=O) groups excluding carboxylic acids is 1. The van der Waals surface area contributed by atoms with Gasteiger partial charge in [-0.05, 0) is 32.8 Å². The molecule has 0 aromatic heterocycles. The van der Waals surface area contributed by atoms with Crippen LogP contribution in [0.1, 0.15) is 66.7 Å². The molecule has 1 atom stereocenters. The van der Waals surface area contributed by atoms with Crippen molar-refractivity contribution < 1.29 is 9.53 Å². The van der Waals surface area contributed by atoms with Gasteiger partial charge in [-0.25, -0.2) is 4.79 Å². The lowest BCUT2D eigenvalue weighted by molar-refractivity contribution is -0.142. The van der Waals surface area contributed by atoms with Crippen LogP contribution in [0.25, 0.3) is 0 Å². The number of hydrogen-bond acceptors (Lipinski definition) is 3. The van der Waals surface area contributed by atoms with Crippen molar-refractivity contribution in [1.29, 1.82) is 0 Å². The van der Waals surface area contributed by atoms with Gasteiger partial charge in [0.15, 0.2) is 0 Å². The van der Waals surface area contributed by atoms with Gasteiger partial charge >= 0.3 is 5.97 Å². The Morgan fingerprint density at radius 2 is 2.00 bits per heavy atom. The van der Waals surface area contributed by atoms with Crippen molar-refractivity contribution in [2.75, 3.05) is 7.05 Å². The van der Waals surface area contributed by atoms with Gasteiger partial charge in [0.2, 0.25) is 0 Å². The van der Waals surface area contributed by atoms with Crippen molar-refractivity contribution in [2.24, 2.45) is 5.92 Å². The molecule has 1 N–H and O–H groups in total. The minimum Gasteiger partial charge on any atom is -0.459 e. The average Bonchev–Trinajstić information content (AvgIpc) is 2.45. The summed E-state index contributed by atoms with van der Waals surface area (Å²) in [6.45, 7) is 10.2. The van der Waals surface area contributed by atoms with E-state index in [-0.39, 0.29) is 12.1 Å². The van der Waals surface area contributed by atoms with E-state index in [1.54, 1.807) is 0 Å². The van der Waals surface area contributed by atoms with Gasteiger partial charge in [-0.3, -0.25) is 0 Å². The molecule has 0 radical (unpaired) electrons. The highest BCUT2D eigenvalue weighted by atomic mass is 16.5. The van der Waals surface area contributed by atoms with Crippen molar-refractivity contribution >= 4 is 5.97 Å².